The molecule has 28 heavy (non-hydrogen) atoms. The van der Waals surface area contributed by atoms with Crippen LogP contribution in [0.4, 0.5) is 5.69 Å². The molecule has 9 heteroatoms. The zero-order valence-electron chi connectivity index (χ0n) is 14.8. The normalized spacial score (nSPS) is 14.0. The lowest BCUT2D eigenvalue weighted by molar-refractivity contribution is -0.385. The summed E-state index contributed by atoms with van der Waals surface area (Å²) in [6, 6.07) is 8.50. The molecule has 0 fully saturated rings. The topological polar surface area (TPSA) is 127 Å². The van der Waals surface area contributed by atoms with Crippen molar-refractivity contribution >= 4 is 23.5 Å². The van der Waals surface area contributed by atoms with Crippen LogP contribution in [0.3, 0.4) is 0 Å². The summed E-state index contributed by atoms with van der Waals surface area (Å²) in [7, 11) is 0. The summed E-state index contributed by atoms with van der Waals surface area (Å²) in [6.07, 6.45) is -0.189. The fourth-order valence-electron chi connectivity index (χ4n) is 3.07. The molecule has 0 unspecified atom stereocenters. The number of carbonyl (C=O) groups is 3. The van der Waals surface area contributed by atoms with Gasteiger partial charge < -0.3 is 9.84 Å². The van der Waals surface area contributed by atoms with Gasteiger partial charge in [0.2, 0.25) is 0 Å². The van der Waals surface area contributed by atoms with Gasteiger partial charge in [0.05, 0.1) is 22.7 Å². The standard InChI is InChI=1S/C19H16N2O7/c1-2-28-19(25)15(10-11-7-8-16(22)14(9-11)21(26)27)20-17(23)12-5-3-4-6-13(12)18(20)24/h3-9,15,22H,2,10H2,1H3/t15-/m1/s1. The number of amides is 2. The maximum atomic E-state index is 12.7. The number of rotatable bonds is 6. The van der Waals surface area contributed by atoms with Gasteiger partial charge in [0.15, 0.2) is 5.75 Å². The van der Waals surface area contributed by atoms with Crippen LogP contribution >= 0.6 is 0 Å². The van der Waals surface area contributed by atoms with Gasteiger partial charge in [-0.3, -0.25) is 24.6 Å². The van der Waals surface area contributed by atoms with Crippen LogP contribution in [-0.2, 0) is 16.0 Å². The number of benzene rings is 2. The Labute approximate surface area is 159 Å². The van der Waals surface area contributed by atoms with Crippen molar-refractivity contribution in [3.8, 4) is 5.75 Å². The van der Waals surface area contributed by atoms with Crippen molar-refractivity contribution in [2.45, 2.75) is 19.4 Å². The van der Waals surface area contributed by atoms with E-state index in [4.69, 9.17) is 4.74 Å². The van der Waals surface area contributed by atoms with Crippen molar-refractivity contribution < 1.29 is 29.2 Å². The van der Waals surface area contributed by atoms with Crippen LogP contribution < -0.4 is 0 Å². The predicted octanol–water partition coefficient (Wildman–Crippen LogP) is 2.07. The molecule has 0 spiro atoms. The van der Waals surface area contributed by atoms with Crippen molar-refractivity contribution in [1.29, 1.82) is 0 Å². The van der Waals surface area contributed by atoms with E-state index in [-0.39, 0.29) is 24.2 Å². The van der Waals surface area contributed by atoms with Crippen molar-refractivity contribution in [2.24, 2.45) is 0 Å². The number of phenolic OH excluding ortho intramolecular Hbond substituents is 1. The number of phenols is 1. The van der Waals surface area contributed by atoms with Gasteiger partial charge in [0, 0.05) is 12.5 Å². The number of hydrogen-bond donors (Lipinski definition) is 1. The van der Waals surface area contributed by atoms with Crippen LogP contribution in [0.1, 0.15) is 33.2 Å². The van der Waals surface area contributed by atoms with Gasteiger partial charge in [0.1, 0.15) is 6.04 Å². The molecule has 1 N–H and O–H groups in total. The highest BCUT2D eigenvalue weighted by Crippen LogP contribution is 2.30. The number of aromatic hydroxyl groups is 1. The lowest BCUT2D eigenvalue weighted by atomic mass is 10.0. The molecule has 0 radical (unpaired) electrons. The first-order chi connectivity index (χ1) is 13.3. The summed E-state index contributed by atoms with van der Waals surface area (Å²) < 4.78 is 5.02. The molecule has 0 saturated carbocycles. The Morgan fingerprint density at radius 2 is 1.79 bits per heavy atom. The van der Waals surface area contributed by atoms with Crippen molar-refractivity contribution in [2.75, 3.05) is 6.61 Å². The number of fused-ring (bicyclic) bond motifs is 1. The average Bonchev–Trinajstić information content (AvgIpc) is 2.92. The minimum absolute atomic E-state index is 0.0359. The Hall–Kier alpha value is -3.75. The summed E-state index contributed by atoms with van der Waals surface area (Å²) in [5.74, 6) is -2.59. The fraction of sp³-hybridized carbons (Fsp3) is 0.211. The molecule has 0 aromatic heterocycles. The van der Waals surface area contributed by atoms with E-state index in [0.717, 1.165) is 17.0 Å². The van der Waals surface area contributed by atoms with E-state index in [2.05, 4.69) is 0 Å². The number of imide groups is 1. The fourth-order valence-corrected chi connectivity index (χ4v) is 3.07. The van der Waals surface area contributed by atoms with Crippen molar-refractivity contribution in [3.63, 3.8) is 0 Å². The third-order valence-corrected chi connectivity index (χ3v) is 4.36. The van der Waals surface area contributed by atoms with E-state index in [1.807, 2.05) is 0 Å². The van der Waals surface area contributed by atoms with Crippen LogP contribution in [0, 0.1) is 10.1 Å². The summed E-state index contributed by atoms with van der Waals surface area (Å²) in [4.78, 5) is 49.1. The smallest absolute Gasteiger partial charge is 0.329 e. The van der Waals surface area contributed by atoms with Gasteiger partial charge in [-0.15, -0.1) is 0 Å². The number of ether oxygens (including phenoxy) is 1. The Bertz CT molecular complexity index is 951. The Balaban J connectivity index is 1.99. The Kier molecular flexibility index (Phi) is 5.08. The summed E-state index contributed by atoms with van der Waals surface area (Å²) in [5.41, 5.74) is 0.110. The average molecular weight is 384 g/mol. The Morgan fingerprint density at radius 1 is 1.18 bits per heavy atom. The van der Waals surface area contributed by atoms with E-state index in [0.29, 0.717) is 5.56 Å². The first kappa shape index (κ1) is 19.0. The van der Waals surface area contributed by atoms with Crippen molar-refractivity contribution in [3.05, 3.63) is 69.3 Å². The molecule has 2 aromatic carbocycles. The summed E-state index contributed by atoms with van der Waals surface area (Å²) in [6.45, 7) is 1.62. The largest absolute Gasteiger partial charge is 0.502 e. The molecule has 0 aliphatic carbocycles. The third-order valence-electron chi connectivity index (χ3n) is 4.36. The molecule has 0 saturated heterocycles. The second-order valence-electron chi connectivity index (χ2n) is 6.08. The molecule has 1 atom stereocenters. The highest BCUT2D eigenvalue weighted by Gasteiger charge is 2.43. The minimum atomic E-state index is -1.29. The lowest BCUT2D eigenvalue weighted by Gasteiger charge is -2.24. The molecule has 1 heterocycles. The molecular formula is C19H16N2O7. The zero-order valence-corrected chi connectivity index (χ0v) is 14.8. The van der Waals surface area contributed by atoms with Crippen LogP contribution in [0.2, 0.25) is 0 Å². The molecule has 3 rings (SSSR count). The van der Waals surface area contributed by atoms with Crippen LogP contribution in [0.5, 0.6) is 5.75 Å². The first-order valence-electron chi connectivity index (χ1n) is 8.45. The van der Waals surface area contributed by atoms with E-state index < -0.39 is 40.2 Å². The third kappa shape index (κ3) is 3.29. The zero-order chi connectivity index (χ0) is 20.4. The summed E-state index contributed by atoms with van der Waals surface area (Å²) in [5, 5.41) is 20.6. The SMILES string of the molecule is CCOC(=O)[C@@H](Cc1ccc(O)c([N+](=O)[O-])c1)N1C(=O)c2ccccc2C1=O. The maximum Gasteiger partial charge on any atom is 0.329 e. The number of nitro groups is 1. The maximum absolute atomic E-state index is 12.7. The number of esters is 1. The highest BCUT2D eigenvalue weighted by molar-refractivity contribution is 6.22. The van der Waals surface area contributed by atoms with Crippen LogP contribution in [0.25, 0.3) is 0 Å². The Morgan fingerprint density at radius 3 is 2.32 bits per heavy atom. The second-order valence-corrected chi connectivity index (χ2v) is 6.08. The number of nitrogens with zero attached hydrogens (tertiary/aromatic N) is 2. The number of hydrogen-bond acceptors (Lipinski definition) is 7. The number of nitro benzene ring substituents is 1. The van der Waals surface area contributed by atoms with Gasteiger partial charge in [0.25, 0.3) is 11.8 Å². The van der Waals surface area contributed by atoms with E-state index in [1.54, 1.807) is 19.1 Å². The monoisotopic (exact) mass is 384 g/mol. The molecule has 2 amide bonds. The van der Waals surface area contributed by atoms with Crippen LogP contribution in [-0.4, -0.2) is 45.4 Å². The van der Waals surface area contributed by atoms with E-state index in [1.165, 1.54) is 18.2 Å². The van der Waals surface area contributed by atoms with E-state index >= 15 is 0 Å². The van der Waals surface area contributed by atoms with Gasteiger partial charge in [-0.05, 0) is 30.7 Å². The molecule has 1 aliphatic rings. The van der Waals surface area contributed by atoms with Crippen molar-refractivity contribution in [1.82, 2.24) is 4.90 Å². The summed E-state index contributed by atoms with van der Waals surface area (Å²) >= 11 is 0. The molecule has 144 valence electrons. The first-order valence-corrected chi connectivity index (χ1v) is 8.45. The van der Waals surface area contributed by atoms with Gasteiger partial charge in [-0.25, -0.2) is 4.79 Å². The molecule has 0 bridgehead atoms. The van der Waals surface area contributed by atoms with Gasteiger partial charge >= 0.3 is 11.7 Å². The molecule has 2 aromatic rings. The van der Waals surface area contributed by atoms with Crippen LogP contribution in [0.15, 0.2) is 42.5 Å². The lowest BCUT2D eigenvalue weighted by Crippen LogP contribution is -2.47. The molecular weight excluding hydrogens is 368 g/mol. The molecule has 9 nitrogen and oxygen atoms in total. The second kappa shape index (κ2) is 7.47. The predicted molar refractivity (Wildman–Crippen MR) is 95.8 cm³/mol. The number of carbonyl (C=O) groups excluding carboxylic acids is 3. The van der Waals surface area contributed by atoms with Gasteiger partial charge in [-0.2, -0.15) is 0 Å². The van der Waals surface area contributed by atoms with E-state index in [9.17, 15) is 29.6 Å². The quantitative estimate of drug-likeness (QED) is 0.349. The highest BCUT2D eigenvalue weighted by atomic mass is 16.6. The van der Waals surface area contributed by atoms with Gasteiger partial charge in [-0.1, -0.05) is 18.2 Å². The minimum Gasteiger partial charge on any atom is -0.502 e. The molecule has 1 aliphatic heterocycles.